The van der Waals surface area contributed by atoms with Crippen LogP contribution in [0.3, 0.4) is 0 Å². The molecule has 0 unspecified atom stereocenters. The third-order valence-electron chi connectivity index (χ3n) is 0. The zero-order valence-electron chi connectivity index (χ0n) is 3.05. The zero-order valence-corrected chi connectivity index (χ0v) is 3.05. The molecule has 0 rings (SSSR count). The summed E-state index contributed by atoms with van der Waals surface area (Å²) in [6, 6.07) is 0. The van der Waals surface area contributed by atoms with Crippen molar-refractivity contribution in [2.24, 2.45) is 0 Å². The van der Waals surface area contributed by atoms with Crippen LogP contribution in [-0.4, -0.2) is 58.4 Å². The van der Waals surface area contributed by atoms with Crippen molar-refractivity contribution in [3.05, 3.63) is 0 Å². The normalized spacial score (nSPS) is 3.43. The molecule has 0 radical (unpaired) electrons. The Hall–Kier alpha value is 1.01. The molecule has 0 heterocycles. The molecule has 42 valence electrons. The molecule has 0 aliphatic carbocycles. The molecule has 0 spiro atoms. The molecule has 0 saturated heterocycles. The fraction of sp³-hybridized carbons (Fsp3) is 1.00. The van der Waals surface area contributed by atoms with Gasteiger partial charge in [-0.1, -0.05) is 0 Å². The molecule has 0 aromatic rings. The molecule has 0 atom stereocenters. The first-order valence-electron chi connectivity index (χ1n) is 1.22. The van der Waals surface area contributed by atoms with Gasteiger partial charge in [-0.15, -0.1) is 0 Å². The summed E-state index contributed by atoms with van der Waals surface area (Å²) in [6.07, 6.45) is 0. The first-order valence-corrected chi connectivity index (χ1v) is 1.22. The monoisotopic (exact) mass is 118 g/mol. The van der Waals surface area contributed by atoms with Gasteiger partial charge in [0.2, 0.25) is 0 Å². The van der Waals surface area contributed by atoms with Crippen molar-refractivity contribution >= 4 is 36.2 Å². The second-order valence-corrected chi connectivity index (χ2v) is 0.316. The van der Waals surface area contributed by atoms with E-state index in [-0.39, 0.29) is 42.8 Å². The van der Waals surface area contributed by atoms with Gasteiger partial charge in [0.25, 0.3) is 0 Å². The molecule has 0 bridgehead atoms. The summed E-state index contributed by atoms with van der Waals surface area (Å²) in [5.41, 5.74) is 0. The van der Waals surface area contributed by atoms with Crippen LogP contribution in [0.4, 0.5) is 0 Å². The van der Waals surface area contributed by atoms with E-state index in [1.807, 2.05) is 0 Å². The van der Waals surface area contributed by atoms with Gasteiger partial charge < -0.3 is 5.11 Å². The first-order chi connectivity index (χ1) is 2.41. The van der Waals surface area contributed by atoms with Crippen molar-refractivity contribution < 1.29 is 15.6 Å². The summed E-state index contributed by atoms with van der Waals surface area (Å²) < 4.78 is 0. The summed E-state index contributed by atoms with van der Waals surface area (Å²) in [5.74, 6) is 0. The van der Waals surface area contributed by atoms with Crippen LogP contribution in [0.5, 0.6) is 0 Å². The van der Waals surface area contributed by atoms with Crippen LogP contribution in [-0.2, 0) is 0 Å². The maximum absolute atomic E-state index is 7.57. The zero-order chi connectivity index (χ0) is 4.71. The molecule has 3 N–H and O–H groups in total. The molecule has 0 saturated carbocycles. The van der Waals surface area contributed by atoms with Crippen LogP contribution < -0.4 is 0 Å². The number of hydrogen-bond acceptors (Lipinski definition) is 3. The molecule has 5 heteroatoms. The summed E-state index contributed by atoms with van der Waals surface area (Å²) >= 11 is 0. The van der Waals surface area contributed by atoms with Gasteiger partial charge in [0, 0.05) is 6.61 Å². The fourth-order valence-electron chi connectivity index (χ4n) is 0. The standard InChI is InChI=1S/C2H6O.Al.Li.H2O2.4H/c1-2-3;;;1-2;;;;/h3H,2H2,1H3;;;1-2H;;;;. The van der Waals surface area contributed by atoms with Crippen LogP contribution in [0.25, 0.3) is 0 Å². The number of aliphatic hydroxyl groups excluding tert-OH is 1. The van der Waals surface area contributed by atoms with E-state index in [9.17, 15) is 0 Å². The minimum atomic E-state index is 0. The van der Waals surface area contributed by atoms with Gasteiger partial charge in [0.15, 0.2) is 17.4 Å². The minimum absolute atomic E-state index is 0. The van der Waals surface area contributed by atoms with Gasteiger partial charge in [0.05, 0.1) is 0 Å². The molecule has 0 aromatic heterocycles. The van der Waals surface area contributed by atoms with Gasteiger partial charge in [-0.2, -0.15) is 0 Å². The molecule has 0 aliphatic rings. The Morgan fingerprint density at radius 1 is 1.29 bits per heavy atom. The van der Waals surface area contributed by atoms with Gasteiger partial charge in [0.1, 0.15) is 0 Å². The quantitative estimate of drug-likeness (QED) is 0.199. The Labute approximate surface area is 65.6 Å². The van der Waals surface area contributed by atoms with E-state index in [1.165, 1.54) is 0 Å². The predicted molar refractivity (Wildman–Crippen MR) is 35.1 cm³/mol. The number of aliphatic hydroxyl groups is 1. The molecular formula is C2H12AlLiO3. The summed E-state index contributed by atoms with van der Waals surface area (Å²) in [6.45, 7) is 1.93. The van der Waals surface area contributed by atoms with E-state index in [2.05, 4.69) is 0 Å². The van der Waals surface area contributed by atoms with Crippen LogP contribution in [0.1, 0.15) is 6.92 Å². The Morgan fingerprint density at radius 3 is 1.29 bits per heavy atom. The van der Waals surface area contributed by atoms with E-state index in [1.54, 1.807) is 6.92 Å². The van der Waals surface area contributed by atoms with Gasteiger partial charge in [-0.3, -0.25) is 10.5 Å². The van der Waals surface area contributed by atoms with E-state index in [4.69, 9.17) is 15.6 Å². The molecule has 0 amide bonds. The van der Waals surface area contributed by atoms with Crippen molar-refractivity contribution in [1.29, 1.82) is 0 Å². The average Bonchev–Trinajstić information content (AvgIpc) is 1.46. The Kier molecular flexibility index (Phi) is 219. The third kappa shape index (κ3) is 173. The molecule has 0 aliphatic heterocycles. The molecule has 0 aromatic carbocycles. The van der Waals surface area contributed by atoms with E-state index >= 15 is 0 Å². The summed E-state index contributed by atoms with van der Waals surface area (Å²) in [4.78, 5) is 0. The number of rotatable bonds is 0. The Balaban J connectivity index is -0.0000000105. The fourth-order valence-corrected chi connectivity index (χ4v) is 0. The van der Waals surface area contributed by atoms with Crippen molar-refractivity contribution in [3.63, 3.8) is 0 Å². The summed E-state index contributed by atoms with van der Waals surface area (Å²) in [5, 5.41) is 19.6. The topological polar surface area (TPSA) is 60.7 Å². The van der Waals surface area contributed by atoms with Crippen LogP contribution in [0.2, 0.25) is 0 Å². The second kappa shape index (κ2) is 62.7. The maximum atomic E-state index is 7.57. The Morgan fingerprint density at radius 2 is 1.29 bits per heavy atom. The predicted octanol–water partition coefficient (Wildman–Crippen LogP) is -1.82. The first kappa shape index (κ1) is 24.5. The van der Waals surface area contributed by atoms with Crippen molar-refractivity contribution in [2.45, 2.75) is 6.92 Å². The number of hydrogen-bond donors (Lipinski definition) is 3. The van der Waals surface area contributed by atoms with Gasteiger partial charge in [-0.25, -0.2) is 0 Å². The van der Waals surface area contributed by atoms with Crippen molar-refractivity contribution in [2.75, 3.05) is 6.61 Å². The SMILES string of the molecule is CCO.OO.[AlH3].[LiH]. The van der Waals surface area contributed by atoms with Crippen LogP contribution in [0.15, 0.2) is 0 Å². The third-order valence-corrected chi connectivity index (χ3v) is 0. The summed E-state index contributed by atoms with van der Waals surface area (Å²) in [7, 11) is 0. The van der Waals surface area contributed by atoms with Crippen molar-refractivity contribution in [1.82, 2.24) is 0 Å². The molecule has 7 heavy (non-hydrogen) atoms. The average molecular weight is 118 g/mol. The van der Waals surface area contributed by atoms with Gasteiger partial charge in [-0.05, 0) is 6.92 Å². The van der Waals surface area contributed by atoms with Crippen LogP contribution >= 0.6 is 0 Å². The van der Waals surface area contributed by atoms with Crippen molar-refractivity contribution in [3.8, 4) is 0 Å². The second-order valence-electron chi connectivity index (χ2n) is 0.316. The Bertz CT molecular complexity index is 12.9. The molecular weight excluding hydrogens is 106 g/mol. The molecule has 3 nitrogen and oxygen atoms in total. The van der Waals surface area contributed by atoms with E-state index in [0.29, 0.717) is 0 Å². The van der Waals surface area contributed by atoms with E-state index < -0.39 is 0 Å². The van der Waals surface area contributed by atoms with E-state index in [0.717, 1.165) is 0 Å². The van der Waals surface area contributed by atoms with Crippen LogP contribution in [0, 0.1) is 0 Å². The molecule has 0 fully saturated rings. The van der Waals surface area contributed by atoms with Gasteiger partial charge >= 0.3 is 18.9 Å².